The quantitative estimate of drug-likeness (QED) is 0.292. The molecule has 0 saturated carbocycles. The fraction of sp³-hybridized carbons (Fsp3) is 0.136. The molecule has 0 unspecified atom stereocenters. The first-order valence-electron chi connectivity index (χ1n) is 9.50. The van der Waals surface area contributed by atoms with Gasteiger partial charge in [-0.25, -0.2) is 0 Å². The van der Waals surface area contributed by atoms with Crippen LogP contribution >= 0.6 is 39.0 Å². The topological polar surface area (TPSA) is 61.4 Å². The summed E-state index contributed by atoms with van der Waals surface area (Å²) in [5.41, 5.74) is 2.87. The molecular weight excluding hydrogens is 496 g/mol. The van der Waals surface area contributed by atoms with Gasteiger partial charge >= 0.3 is 0 Å². The van der Waals surface area contributed by atoms with Crippen LogP contribution in [0, 0.1) is 0 Å². The summed E-state index contributed by atoms with van der Waals surface area (Å²) in [7, 11) is 1.63. The second-order valence-electron chi connectivity index (χ2n) is 6.87. The van der Waals surface area contributed by atoms with E-state index in [1.54, 1.807) is 23.4 Å². The maximum Gasteiger partial charge on any atom is 0.273 e. The van der Waals surface area contributed by atoms with Gasteiger partial charge in [0.2, 0.25) is 5.78 Å². The Hall–Kier alpha value is -2.62. The summed E-state index contributed by atoms with van der Waals surface area (Å²) in [6.45, 7) is 0.357. The lowest BCUT2D eigenvalue weighted by molar-refractivity contribution is 0.408. The first-order valence-corrected chi connectivity index (χ1v) is 12.2. The number of ether oxygens (including phenoxy) is 1. The highest BCUT2D eigenvalue weighted by atomic mass is 79.9. The Bertz CT molecular complexity index is 1440. The third-order valence-corrected chi connectivity index (χ3v) is 7.40. The molecule has 5 rings (SSSR count). The molecule has 0 saturated heterocycles. The zero-order chi connectivity index (χ0) is 21.4. The van der Waals surface area contributed by atoms with Crippen molar-refractivity contribution in [2.75, 3.05) is 7.11 Å². The van der Waals surface area contributed by atoms with Crippen molar-refractivity contribution >= 4 is 55.0 Å². The van der Waals surface area contributed by atoms with E-state index in [1.807, 2.05) is 52.2 Å². The van der Waals surface area contributed by atoms with Gasteiger partial charge in [0.15, 0.2) is 5.16 Å². The van der Waals surface area contributed by atoms with Crippen LogP contribution in [0.5, 0.6) is 5.75 Å². The number of hydrogen-bond donors (Lipinski definition) is 0. The Labute approximate surface area is 194 Å². The fourth-order valence-corrected chi connectivity index (χ4v) is 5.45. The fourth-order valence-electron chi connectivity index (χ4n) is 3.47. The van der Waals surface area contributed by atoms with Crippen LogP contribution in [0.3, 0.4) is 0 Å². The highest BCUT2D eigenvalue weighted by Gasteiger charge is 2.19. The van der Waals surface area contributed by atoms with Crippen molar-refractivity contribution < 1.29 is 4.74 Å². The number of fused-ring (bicyclic) bond motifs is 3. The van der Waals surface area contributed by atoms with Crippen molar-refractivity contribution in [1.82, 2.24) is 19.2 Å². The van der Waals surface area contributed by atoms with E-state index in [-0.39, 0.29) is 5.56 Å². The largest absolute Gasteiger partial charge is 0.496 e. The Kier molecular flexibility index (Phi) is 5.56. The lowest BCUT2D eigenvalue weighted by Gasteiger charge is -2.12. The predicted octanol–water partition coefficient (Wildman–Crippen LogP) is 5.22. The lowest BCUT2D eigenvalue weighted by atomic mass is 10.2. The smallest absolute Gasteiger partial charge is 0.273 e. The predicted molar refractivity (Wildman–Crippen MR) is 128 cm³/mol. The van der Waals surface area contributed by atoms with E-state index in [4.69, 9.17) is 4.74 Å². The second-order valence-corrected chi connectivity index (χ2v) is 9.65. The number of para-hydroxylation sites is 1. The summed E-state index contributed by atoms with van der Waals surface area (Å²) in [5, 5.41) is 11.5. The molecule has 156 valence electrons. The van der Waals surface area contributed by atoms with Crippen molar-refractivity contribution in [3.63, 3.8) is 0 Å². The molecule has 0 bridgehead atoms. The van der Waals surface area contributed by atoms with Crippen molar-refractivity contribution in [2.45, 2.75) is 17.5 Å². The van der Waals surface area contributed by atoms with Crippen LogP contribution in [-0.2, 0) is 12.3 Å². The van der Waals surface area contributed by atoms with Crippen LogP contribution in [-0.4, -0.2) is 26.3 Å². The molecule has 3 aromatic heterocycles. The van der Waals surface area contributed by atoms with Crippen molar-refractivity contribution in [3.8, 4) is 5.75 Å². The second kappa shape index (κ2) is 8.49. The normalized spacial score (nSPS) is 11.4. The Balaban J connectivity index is 1.60. The van der Waals surface area contributed by atoms with Gasteiger partial charge in [0.05, 0.1) is 19.2 Å². The molecule has 0 amide bonds. The number of aromatic nitrogens is 4. The van der Waals surface area contributed by atoms with E-state index in [9.17, 15) is 4.79 Å². The Morgan fingerprint density at radius 2 is 1.90 bits per heavy atom. The van der Waals surface area contributed by atoms with Gasteiger partial charge in [0, 0.05) is 15.8 Å². The van der Waals surface area contributed by atoms with Crippen LogP contribution < -0.4 is 10.3 Å². The Morgan fingerprint density at radius 3 is 2.71 bits per heavy atom. The number of thioether (sulfide) groups is 1. The number of thiophene rings is 1. The molecule has 0 N–H and O–H groups in total. The van der Waals surface area contributed by atoms with Gasteiger partial charge in [-0.2, -0.15) is 0 Å². The minimum Gasteiger partial charge on any atom is -0.496 e. The molecule has 5 aromatic rings. The molecule has 0 radical (unpaired) electrons. The molecule has 9 heteroatoms. The van der Waals surface area contributed by atoms with E-state index in [0.717, 1.165) is 32.2 Å². The van der Waals surface area contributed by atoms with Crippen LogP contribution in [0.1, 0.15) is 11.1 Å². The van der Waals surface area contributed by atoms with Gasteiger partial charge in [-0.05, 0) is 35.2 Å². The number of halogens is 1. The first-order chi connectivity index (χ1) is 15.2. The van der Waals surface area contributed by atoms with Gasteiger partial charge in [-0.1, -0.05) is 58.0 Å². The van der Waals surface area contributed by atoms with Crippen LogP contribution in [0.15, 0.2) is 74.4 Å². The van der Waals surface area contributed by atoms with E-state index in [2.05, 4.69) is 38.3 Å². The average molecular weight is 513 g/mol. The average Bonchev–Trinajstić information content (AvgIpc) is 3.43. The summed E-state index contributed by atoms with van der Waals surface area (Å²) in [6, 6.07) is 17.9. The maximum absolute atomic E-state index is 13.3. The number of hydrogen-bond acceptors (Lipinski definition) is 6. The molecule has 6 nitrogen and oxygen atoms in total. The number of rotatable bonds is 6. The standard InChI is InChI=1S/C22H17BrN4O2S2/c1-29-18-5-3-2-4-15(18)12-26-20(28)19-17(10-11-30-19)27-21(26)24-25-22(27)31-13-14-6-8-16(23)9-7-14/h2-11H,12-13H2,1H3. The lowest BCUT2D eigenvalue weighted by Crippen LogP contribution is -2.23. The van der Waals surface area contributed by atoms with E-state index >= 15 is 0 Å². The molecule has 3 heterocycles. The van der Waals surface area contributed by atoms with Gasteiger partial charge in [0.25, 0.3) is 5.56 Å². The zero-order valence-corrected chi connectivity index (χ0v) is 19.7. The first kappa shape index (κ1) is 20.3. The van der Waals surface area contributed by atoms with Gasteiger partial charge in [-0.3, -0.25) is 13.8 Å². The van der Waals surface area contributed by atoms with E-state index < -0.39 is 0 Å². The van der Waals surface area contributed by atoms with Gasteiger partial charge < -0.3 is 4.74 Å². The number of methoxy groups -OCH3 is 1. The molecule has 0 aliphatic carbocycles. The molecule has 0 fully saturated rings. The minimum atomic E-state index is -0.0692. The molecule has 0 aliphatic heterocycles. The SMILES string of the molecule is COc1ccccc1Cn1c(=O)c2sccc2n2c(SCc3ccc(Br)cc3)nnc12. The third kappa shape index (κ3) is 3.77. The highest BCUT2D eigenvalue weighted by molar-refractivity contribution is 9.10. The van der Waals surface area contributed by atoms with Gasteiger partial charge in [0.1, 0.15) is 10.4 Å². The number of benzene rings is 2. The summed E-state index contributed by atoms with van der Waals surface area (Å²) in [6.07, 6.45) is 0. The molecule has 2 aromatic carbocycles. The molecule has 0 spiro atoms. The Morgan fingerprint density at radius 1 is 1.10 bits per heavy atom. The van der Waals surface area contributed by atoms with Crippen molar-refractivity contribution in [2.24, 2.45) is 0 Å². The third-order valence-electron chi connectivity index (χ3n) is 4.98. The molecular formula is C22H17BrN4O2S2. The van der Waals surface area contributed by atoms with Crippen molar-refractivity contribution in [3.05, 3.63) is 85.9 Å². The van der Waals surface area contributed by atoms with Crippen LogP contribution in [0.25, 0.3) is 16.0 Å². The highest BCUT2D eigenvalue weighted by Crippen LogP contribution is 2.28. The summed E-state index contributed by atoms with van der Waals surface area (Å²) >= 11 is 6.51. The van der Waals surface area contributed by atoms with Gasteiger partial charge in [-0.15, -0.1) is 21.5 Å². The summed E-state index contributed by atoms with van der Waals surface area (Å²) < 4.78 is 10.9. The van der Waals surface area contributed by atoms with E-state index in [0.29, 0.717) is 17.0 Å². The molecule has 0 aliphatic rings. The van der Waals surface area contributed by atoms with Crippen molar-refractivity contribution in [1.29, 1.82) is 0 Å². The monoisotopic (exact) mass is 512 g/mol. The zero-order valence-electron chi connectivity index (χ0n) is 16.5. The van der Waals surface area contributed by atoms with Crippen LogP contribution in [0.2, 0.25) is 0 Å². The summed E-state index contributed by atoms with van der Waals surface area (Å²) in [4.78, 5) is 13.3. The van der Waals surface area contributed by atoms with Crippen LogP contribution in [0.4, 0.5) is 0 Å². The number of nitrogens with zero attached hydrogens (tertiary/aromatic N) is 4. The van der Waals surface area contributed by atoms with E-state index in [1.165, 1.54) is 16.9 Å². The summed E-state index contributed by atoms with van der Waals surface area (Å²) in [5.74, 6) is 2.02. The maximum atomic E-state index is 13.3. The molecule has 31 heavy (non-hydrogen) atoms. The molecule has 0 atom stereocenters. The minimum absolute atomic E-state index is 0.0692.